The number of carbonyl (C=O) groups excluding carboxylic acids is 1. The number of carbonyl (C=O) groups is 1. The molecule has 0 aromatic rings. The fourth-order valence-electron chi connectivity index (χ4n) is 1.41. The molecule has 0 fully saturated rings. The largest absolute Gasteiger partial charge is 1.00 e. The molecule has 106 valence electrons. The molecular formula is C11H21NNaO5P. The molecule has 6 nitrogen and oxygen atoms in total. The summed E-state index contributed by atoms with van der Waals surface area (Å²) < 4.78 is 22.6. The molecule has 0 unspecified atom stereocenters. The van der Waals surface area contributed by atoms with Gasteiger partial charge >= 0.3 is 37.2 Å². The molecule has 0 saturated carbocycles. The first kappa shape index (κ1) is 21.6. The van der Waals surface area contributed by atoms with Crippen LogP contribution in [0.1, 0.15) is 20.3 Å². The van der Waals surface area contributed by atoms with Crippen LogP contribution in [-0.2, 0) is 18.4 Å². The first-order valence-corrected chi connectivity index (χ1v) is 7.61. The number of hydrogen-bond donors (Lipinski definition) is 0. The zero-order valence-corrected chi connectivity index (χ0v) is 14.9. The minimum absolute atomic E-state index is 0. The molecule has 0 aliphatic heterocycles. The van der Waals surface area contributed by atoms with Crippen LogP contribution in [0.4, 0.5) is 0 Å². The van der Waals surface area contributed by atoms with Crippen molar-refractivity contribution in [2.75, 3.05) is 32.6 Å². The predicted octanol–water partition coefficient (Wildman–Crippen LogP) is -2.16. The van der Waals surface area contributed by atoms with Crippen molar-refractivity contribution in [2.45, 2.75) is 20.3 Å². The van der Waals surface area contributed by atoms with Crippen molar-refractivity contribution >= 4 is 13.6 Å². The Kier molecular flexibility index (Phi) is 13.8. The van der Waals surface area contributed by atoms with Crippen molar-refractivity contribution in [2.24, 2.45) is 0 Å². The quantitative estimate of drug-likeness (QED) is 0.246. The normalized spacial score (nSPS) is 11.1. The van der Waals surface area contributed by atoms with Gasteiger partial charge in [0.05, 0.1) is 13.2 Å². The second-order valence-corrected chi connectivity index (χ2v) is 5.60. The van der Waals surface area contributed by atoms with Gasteiger partial charge in [-0.05, 0) is 20.3 Å². The molecule has 0 radical (unpaired) electrons. The van der Waals surface area contributed by atoms with Crippen molar-refractivity contribution in [3.63, 3.8) is 0 Å². The Morgan fingerprint density at radius 3 is 2.26 bits per heavy atom. The third kappa shape index (κ3) is 10.7. The number of carboxylic acid groups (broad SMARTS) is 1. The van der Waals surface area contributed by atoms with Gasteiger partial charge in [-0.1, -0.05) is 6.08 Å². The van der Waals surface area contributed by atoms with Crippen LogP contribution >= 0.6 is 7.60 Å². The predicted molar refractivity (Wildman–Crippen MR) is 67.1 cm³/mol. The van der Waals surface area contributed by atoms with E-state index < -0.39 is 13.6 Å². The summed E-state index contributed by atoms with van der Waals surface area (Å²) in [5, 5.41) is 10.4. The van der Waals surface area contributed by atoms with Crippen molar-refractivity contribution < 1.29 is 53.1 Å². The van der Waals surface area contributed by atoms with E-state index in [0.717, 1.165) is 0 Å². The van der Waals surface area contributed by atoms with E-state index >= 15 is 0 Å². The molecule has 0 atom stereocenters. The molecule has 0 aromatic heterocycles. The Morgan fingerprint density at radius 1 is 1.37 bits per heavy atom. The Balaban J connectivity index is 0. The summed E-state index contributed by atoms with van der Waals surface area (Å²) in [6, 6.07) is 0. The maximum Gasteiger partial charge on any atom is 1.00 e. The van der Waals surface area contributed by atoms with E-state index in [1.165, 1.54) is 0 Å². The van der Waals surface area contributed by atoms with Crippen LogP contribution in [0.25, 0.3) is 0 Å². The summed E-state index contributed by atoms with van der Waals surface area (Å²) >= 11 is 0. The first-order chi connectivity index (χ1) is 8.47. The Bertz CT molecular complexity index is 303. The molecule has 0 amide bonds. The summed E-state index contributed by atoms with van der Waals surface area (Å²) in [6.07, 6.45) is 1.53. The summed E-state index contributed by atoms with van der Waals surface area (Å²) in [7, 11) is -3.20. The molecule has 0 N–H and O–H groups in total. The van der Waals surface area contributed by atoms with Crippen molar-refractivity contribution in [3.8, 4) is 0 Å². The minimum Gasteiger partial charge on any atom is -0.550 e. The van der Waals surface area contributed by atoms with Crippen molar-refractivity contribution in [1.82, 2.24) is 4.90 Å². The second-order valence-electron chi connectivity index (χ2n) is 3.58. The molecule has 0 bridgehead atoms. The fourth-order valence-corrected chi connectivity index (χ4v) is 3.18. The molecule has 0 rings (SSSR count). The first-order valence-electron chi connectivity index (χ1n) is 5.88. The maximum absolute atomic E-state index is 12.3. The van der Waals surface area contributed by atoms with E-state index in [0.29, 0.717) is 6.54 Å². The van der Waals surface area contributed by atoms with Gasteiger partial charge in [-0.2, -0.15) is 0 Å². The van der Waals surface area contributed by atoms with Gasteiger partial charge in [0.25, 0.3) is 0 Å². The van der Waals surface area contributed by atoms with Gasteiger partial charge in [0.1, 0.15) is 6.29 Å². The standard InChI is InChI=1S/C11H22NO5P.Na/c1-4-8-12(9-7-11(13)14)10-18(15,16-5-2)17-6-3;/h4H,1,5-10H2,2-3H3,(H,13,14);/q;+1/p-1. The third-order valence-corrected chi connectivity index (χ3v) is 4.09. The molecule has 0 aromatic carbocycles. The Morgan fingerprint density at radius 2 is 1.89 bits per heavy atom. The van der Waals surface area contributed by atoms with E-state index in [9.17, 15) is 14.5 Å². The number of hydrogen-bond acceptors (Lipinski definition) is 6. The molecule has 0 saturated heterocycles. The van der Waals surface area contributed by atoms with E-state index in [-0.39, 0.29) is 62.0 Å². The molecule has 19 heavy (non-hydrogen) atoms. The number of aliphatic carboxylic acids is 1. The number of rotatable bonds is 11. The summed E-state index contributed by atoms with van der Waals surface area (Å²) in [6.45, 7) is 8.22. The molecule has 0 aliphatic carbocycles. The van der Waals surface area contributed by atoms with Gasteiger partial charge in [0, 0.05) is 19.1 Å². The number of nitrogens with zero attached hydrogens (tertiary/aromatic N) is 1. The zero-order chi connectivity index (χ0) is 14.0. The molecular weight excluding hydrogens is 280 g/mol. The summed E-state index contributed by atoms with van der Waals surface area (Å²) in [5.74, 6) is -1.15. The molecule has 0 heterocycles. The van der Waals surface area contributed by atoms with Crippen LogP contribution in [0.3, 0.4) is 0 Å². The van der Waals surface area contributed by atoms with Gasteiger partial charge in [-0.3, -0.25) is 9.46 Å². The fraction of sp³-hybridized carbons (Fsp3) is 0.727. The smallest absolute Gasteiger partial charge is 0.550 e. The van der Waals surface area contributed by atoms with E-state index in [1.54, 1.807) is 24.8 Å². The monoisotopic (exact) mass is 301 g/mol. The Labute approximate surface area is 137 Å². The maximum atomic E-state index is 12.3. The van der Waals surface area contributed by atoms with Crippen LogP contribution in [-0.4, -0.2) is 43.5 Å². The second kappa shape index (κ2) is 12.1. The molecule has 0 spiro atoms. The van der Waals surface area contributed by atoms with Crippen molar-refractivity contribution in [1.29, 1.82) is 0 Å². The van der Waals surface area contributed by atoms with Gasteiger partial charge in [-0.25, -0.2) is 0 Å². The molecule has 8 heteroatoms. The Hall–Kier alpha value is 0.320. The van der Waals surface area contributed by atoms with Gasteiger partial charge in [-0.15, -0.1) is 6.58 Å². The van der Waals surface area contributed by atoms with Crippen LogP contribution in [0.2, 0.25) is 0 Å². The van der Waals surface area contributed by atoms with Crippen LogP contribution in [0.15, 0.2) is 12.7 Å². The number of carboxylic acids is 1. The average Bonchev–Trinajstić information content (AvgIpc) is 2.26. The third-order valence-electron chi connectivity index (χ3n) is 2.04. The van der Waals surface area contributed by atoms with Gasteiger partial charge < -0.3 is 18.9 Å². The van der Waals surface area contributed by atoms with E-state index in [2.05, 4.69) is 6.58 Å². The van der Waals surface area contributed by atoms with Crippen LogP contribution < -0.4 is 34.7 Å². The topological polar surface area (TPSA) is 78.9 Å². The van der Waals surface area contributed by atoms with Gasteiger partial charge in [0.2, 0.25) is 0 Å². The van der Waals surface area contributed by atoms with Crippen LogP contribution in [0, 0.1) is 0 Å². The SMILES string of the molecule is C=CCN(CCC(=O)[O-])CP(=O)(OCC)OCC.[Na+]. The minimum atomic E-state index is -3.20. The summed E-state index contributed by atoms with van der Waals surface area (Å²) in [5.41, 5.74) is 0. The summed E-state index contributed by atoms with van der Waals surface area (Å²) in [4.78, 5) is 12.1. The van der Waals surface area contributed by atoms with Crippen molar-refractivity contribution in [3.05, 3.63) is 12.7 Å². The van der Waals surface area contributed by atoms with Crippen LogP contribution in [0.5, 0.6) is 0 Å². The van der Waals surface area contributed by atoms with E-state index in [1.807, 2.05) is 0 Å². The van der Waals surface area contributed by atoms with Gasteiger partial charge in [0.15, 0.2) is 0 Å². The van der Waals surface area contributed by atoms with E-state index in [4.69, 9.17) is 9.05 Å². The zero-order valence-electron chi connectivity index (χ0n) is 12.0. The average molecular weight is 301 g/mol. The molecule has 0 aliphatic rings.